The third-order valence-electron chi connectivity index (χ3n) is 7.23. The van der Waals surface area contributed by atoms with Gasteiger partial charge in [-0.2, -0.15) is 0 Å². The monoisotopic (exact) mass is 411 g/mol. The first-order valence-corrected chi connectivity index (χ1v) is 12.2. The van der Waals surface area contributed by atoms with Gasteiger partial charge in [0.15, 0.2) is 0 Å². The van der Waals surface area contributed by atoms with Crippen LogP contribution in [0.4, 0.5) is 0 Å². The molecule has 0 amide bonds. The number of aryl methyl sites for hydroxylation is 2. The van der Waals surface area contributed by atoms with Crippen molar-refractivity contribution in [3.63, 3.8) is 0 Å². The van der Waals surface area contributed by atoms with E-state index in [0.29, 0.717) is 11.8 Å². The smallest absolute Gasteiger partial charge is 0.0520 e. The molecule has 0 saturated carbocycles. The standard InChI is InChI=1S/C30H37N/c1-5-10-26(21(2)3)28-18-16-25-20-23(15-17-27(25)28)11-9-14-29-22(4)19-30(31-29)24-12-7-6-8-13-24/h6-8,12-13,15,17,20,26,28H,2,5,9-11,14,16,18-19H2,1,3-4H3. The summed E-state index contributed by atoms with van der Waals surface area (Å²) in [5, 5.41) is 0. The Labute approximate surface area is 189 Å². The summed E-state index contributed by atoms with van der Waals surface area (Å²) in [5.74, 6) is 1.32. The van der Waals surface area contributed by atoms with Crippen molar-refractivity contribution in [1.82, 2.24) is 0 Å². The molecule has 0 spiro atoms. The van der Waals surface area contributed by atoms with Crippen LogP contribution >= 0.6 is 0 Å². The highest BCUT2D eigenvalue weighted by atomic mass is 14.8. The first-order valence-electron chi connectivity index (χ1n) is 12.2. The summed E-state index contributed by atoms with van der Waals surface area (Å²) in [6, 6.07) is 17.9. The number of hydrogen-bond donors (Lipinski definition) is 0. The zero-order valence-electron chi connectivity index (χ0n) is 19.6. The van der Waals surface area contributed by atoms with Crippen LogP contribution in [-0.4, -0.2) is 5.71 Å². The minimum atomic E-state index is 0.644. The molecule has 0 radical (unpaired) electrons. The first kappa shape index (κ1) is 21.8. The van der Waals surface area contributed by atoms with Crippen molar-refractivity contribution in [3.05, 3.63) is 94.2 Å². The minimum Gasteiger partial charge on any atom is -0.257 e. The summed E-state index contributed by atoms with van der Waals surface area (Å²) in [6.07, 6.45) is 9.42. The van der Waals surface area contributed by atoms with E-state index < -0.39 is 0 Å². The van der Waals surface area contributed by atoms with E-state index in [-0.39, 0.29) is 0 Å². The average Bonchev–Trinajstić information content (AvgIpc) is 3.36. The lowest BCUT2D eigenvalue weighted by atomic mass is 9.80. The minimum absolute atomic E-state index is 0.644. The van der Waals surface area contributed by atoms with Crippen molar-refractivity contribution >= 4 is 5.71 Å². The molecule has 2 atom stereocenters. The SMILES string of the molecule is C=C(C)C(CCC)C1CCc2cc(CCCC3=C(C)CC(c4ccccc4)=N3)ccc21. The Morgan fingerprint density at radius 1 is 1.13 bits per heavy atom. The molecular weight excluding hydrogens is 374 g/mol. The van der Waals surface area contributed by atoms with Gasteiger partial charge in [-0.15, -0.1) is 0 Å². The van der Waals surface area contributed by atoms with Gasteiger partial charge in [0, 0.05) is 12.1 Å². The van der Waals surface area contributed by atoms with Crippen molar-refractivity contribution < 1.29 is 0 Å². The van der Waals surface area contributed by atoms with Crippen LogP contribution in [-0.2, 0) is 12.8 Å². The summed E-state index contributed by atoms with van der Waals surface area (Å²) in [4.78, 5) is 4.98. The third-order valence-corrected chi connectivity index (χ3v) is 7.23. The van der Waals surface area contributed by atoms with Crippen molar-refractivity contribution in [2.45, 2.75) is 78.1 Å². The van der Waals surface area contributed by atoms with E-state index in [1.165, 1.54) is 65.8 Å². The Hall–Kier alpha value is -2.41. The molecule has 0 saturated heterocycles. The number of aliphatic imine (C=N–C) groups is 1. The topological polar surface area (TPSA) is 12.4 Å². The molecule has 1 heterocycles. The maximum absolute atomic E-state index is 4.98. The maximum atomic E-state index is 4.98. The van der Waals surface area contributed by atoms with E-state index in [4.69, 9.17) is 4.99 Å². The Balaban J connectivity index is 1.37. The fourth-order valence-electron chi connectivity index (χ4n) is 5.56. The predicted octanol–water partition coefficient (Wildman–Crippen LogP) is 8.20. The maximum Gasteiger partial charge on any atom is 0.0520 e. The molecule has 31 heavy (non-hydrogen) atoms. The largest absolute Gasteiger partial charge is 0.257 e. The highest BCUT2D eigenvalue weighted by Gasteiger charge is 2.29. The second-order valence-electron chi connectivity index (χ2n) is 9.60. The van der Waals surface area contributed by atoms with Crippen molar-refractivity contribution in [2.24, 2.45) is 10.9 Å². The molecule has 0 fully saturated rings. The molecule has 2 aromatic rings. The summed E-state index contributed by atoms with van der Waals surface area (Å²) in [5.41, 5.74) is 11.3. The molecular formula is C30H37N. The lowest BCUT2D eigenvalue weighted by molar-refractivity contribution is 0.445. The number of allylic oxidation sites excluding steroid dienone is 3. The van der Waals surface area contributed by atoms with Gasteiger partial charge in [-0.05, 0) is 92.0 Å². The van der Waals surface area contributed by atoms with E-state index >= 15 is 0 Å². The first-order chi connectivity index (χ1) is 15.1. The van der Waals surface area contributed by atoms with Crippen LogP contribution in [0.15, 0.2) is 76.9 Å². The molecule has 0 bridgehead atoms. The zero-order valence-corrected chi connectivity index (χ0v) is 19.6. The van der Waals surface area contributed by atoms with Crippen LogP contribution in [0.3, 0.4) is 0 Å². The van der Waals surface area contributed by atoms with Crippen molar-refractivity contribution in [3.8, 4) is 0 Å². The molecule has 1 heteroatoms. The van der Waals surface area contributed by atoms with Gasteiger partial charge >= 0.3 is 0 Å². The van der Waals surface area contributed by atoms with Crippen LogP contribution in [0.1, 0.15) is 87.5 Å². The normalized spacial score (nSPS) is 18.8. The molecule has 2 unspecified atom stereocenters. The van der Waals surface area contributed by atoms with Crippen molar-refractivity contribution in [2.75, 3.05) is 0 Å². The number of hydrogen-bond acceptors (Lipinski definition) is 1. The number of rotatable bonds is 9. The predicted molar refractivity (Wildman–Crippen MR) is 134 cm³/mol. The summed E-state index contributed by atoms with van der Waals surface area (Å²) in [6.45, 7) is 11.1. The second kappa shape index (κ2) is 9.81. The van der Waals surface area contributed by atoms with Crippen LogP contribution in [0.25, 0.3) is 0 Å². The number of fused-ring (bicyclic) bond motifs is 1. The van der Waals surface area contributed by atoms with Gasteiger partial charge in [0.1, 0.15) is 0 Å². The van der Waals surface area contributed by atoms with Gasteiger partial charge in [0.05, 0.1) is 5.71 Å². The molecule has 2 aromatic carbocycles. The fraction of sp³-hybridized carbons (Fsp3) is 0.433. The highest BCUT2D eigenvalue weighted by molar-refractivity contribution is 6.04. The van der Waals surface area contributed by atoms with E-state index in [0.717, 1.165) is 19.3 Å². The zero-order chi connectivity index (χ0) is 21.8. The number of nitrogens with zero attached hydrogens (tertiary/aromatic N) is 1. The summed E-state index contributed by atoms with van der Waals surface area (Å²) < 4.78 is 0. The van der Waals surface area contributed by atoms with Gasteiger partial charge in [0.2, 0.25) is 0 Å². The number of benzene rings is 2. The molecule has 1 aliphatic heterocycles. The van der Waals surface area contributed by atoms with E-state index in [1.54, 1.807) is 11.1 Å². The molecule has 4 rings (SSSR count). The summed E-state index contributed by atoms with van der Waals surface area (Å²) in [7, 11) is 0. The Morgan fingerprint density at radius 3 is 2.68 bits per heavy atom. The van der Waals surface area contributed by atoms with Gasteiger partial charge in [0.25, 0.3) is 0 Å². The van der Waals surface area contributed by atoms with Gasteiger partial charge in [-0.25, -0.2) is 0 Å². The molecule has 2 aliphatic rings. The highest BCUT2D eigenvalue weighted by Crippen LogP contribution is 2.43. The van der Waals surface area contributed by atoms with Crippen LogP contribution in [0.5, 0.6) is 0 Å². The van der Waals surface area contributed by atoms with E-state index in [2.05, 4.69) is 75.9 Å². The van der Waals surface area contributed by atoms with E-state index in [1.807, 2.05) is 0 Å². The molecule has 0 aromatic heterocycles. The van der Waals surface area contributed by atoms with Gasteiger partial charge < -0.3 is 0 Å². The van der Waals surface area contributed by atoms with Crippen LogP contribution in [0, 0.1) is 5.92 Å². The Bertz CT molecular complexity index is 992. The Morgan fingerprint density at radius 2 is 1.94 bits per heavy atom. The Kier molecular flexibility index (Phi) is 6.90. The van der Waals surface area contributed by atoms with Gasteiger partial charge in [-0.1, -0.05) is 74.0 Å². The molecule has 0 N–H and O–H groups in total. The second-order valence-corrected chi connectivity index (χ2v) is 9.60. The third kappa shape index (κ3) is 4.92. The van der Waals surface area contributed by atoms with Gasteiger partial charge in [-0.3, -0.25) is 4.99 Å². The van der Waals surface area contributed by atoms with Crippen molar-refractivity contribution in [1.29, 1.82) is 0 Å². The average molecular weight is 412 g/mol. The quantitative estimate of drug-likeness (QED) is 0.369. The lowest BCUT2D eigenvalue weighted by Gasteiger charge is -2.24. The molecule has 1 nitrogen and oxygen atoms in total. The van der Waals surface area contributed by atoms with E-state index in [9.17, 15) is 0 Å². The molecule has 1 aliphatic carbocycles. The van der Waals surface area contributed by atoms with Crippen LogP contribution < -0.4 is 0 Å². The fourth-order valence-corrected chi connectivity index (χ4v) is 5.56. The molecule has 162 valence electrons. The summed E-state index contributed by atoms with van der Waals surface area (Å²) >= 11 is 0. The van der Waals surface area contributed by atoms with Crippen LogP contribution in [0.2, 0.25) is 0 Å². The lowest BCUT2D eigenvalue weighted by Crippen LogP contribution is -2.11.